The second kappa shape index (κ2) is 12.7. The Bertz CT molecular complexity index is 1010. The van der Waals surface area contributed by atoms with E-state index in [1.54, 1.807) is 12.0 Å². The summed E-state index contributed by atoms with van der Waals surface area (Å²) in [6.07, 6.45) is 0.586. The molecule has 0 radical (unpaired) electrons. The van der Waals surface area contributed by atoms with Crippen LogP contribution in [-0.4, -0.2) is 57.5 Å². The van der Waals surface area contributed by atoms with Gasteiger partial charge in [0.1, 0.15) is 18.6 Å². The fraction of sp³-hybridized carbons (Fsp3) is 0.517. The van der Waals surface area contributed by atoms with Crippen LogP contribution in [0.1, 0.15) is 44.7 Å². The molecule has 3 rings (SSSR count). The second-order valence-electron chi connectivity index (χ2n) is 11.1. The molecular weight excluding hydrogens is 486 g/mol. The van der Waals surface area contributed by atoms with E-state index in [-0.39, 0.29) is 30.2 Å². The van der Waals surface area contributed by atoms with Crippen LogP contribution in [0.4, 0.5) is 4.79 Å². The van der Waals surface area contributed by atoms with Gasteiger partial charge in [-0.25, -0.2) is 4.79 Å². The first-order valence-corrected chi connectivity index (χ1v) is 15.8. The van der Waals surface area contributed by atoms with E-state index >= 15 is 0 Å². The molecule has 0 spiro atoms. The van der Waals surface area contributed by atoms with Gasteiger partial charge in [-0.3, -0.25) is 4.90 Å². The molecule has 0 aliphatic carbocycles. The zero-order valence-electron chi connectivity index (χ0n) is 22.9. The van der Waals surface area contributed by atoms with Gasteiger partial charge in [-0.15, -0.1) is 0 Å². The Morgan fingerprint density at radius 1 is 1.05 bits per heavy atom. The first-order valence-electron chi connectivity index (χ1n) is 12.9. The number of rotatable bonds is 11. The van der Waals surface area contributed by atoms with Crippen molar-refractivity contribution in [1.82, 2.24) is 4.90 Å². The largest absolute Gasteiger partial charge is 0.497 e. The molecule has 1 aliphatic heterocycles. The van der Waals surface area contributed by atoms with E-state index in [9.17, 15) is 9.59 Å². The lowest BCUT2D eigenvalue weighted by atomic mass is 10.0. The van der Waals surface area contributed by atoms with Crippen LogP contribution in [0, 0.1) is 0 Å². The fourth-order valence-corrected chi connectivity index (χ4v) is 5.58. The summed E-state index contributed by atoms with van der Waals surface area (Å²) in [5.41, 5.74) is 1.88. The van der Waals surface area contributed by atoms with Crippen molar-refractivity contribution in [2.24, 2.45) is 0 Å². The topological polar surface area (TPSA) is 74.3 Å². The van der Waals surface area contributed by atoms with E-state index in [0.717, 1.165) is 23.2 Å². The molecular formula is C29H41NO6Si. The summed E-state index contributed by atoms with van der Waals surface area (Å²) in [6, 6.07) is 16.9. The number of nitrogens with zero attached hydrogens (tertiary/aromatic N) is 1. The van der Waals surface area contributed by atoms with Crippen LogP contribution < -0.4 is 4.74 Å². The molecule has 1 saturated heterocycles. The van der Waals surface area contributed by atoms with Gasteiger partial charge >= 0.3 is 6.09 Å². The predicted molar refractivity (Wildman–Crippen MR) is 146 cm³/mol. The maximum Gasteiger partial charge on any atom is 0.410 e. The van der Waals surface area contributed by atoms with Crippen molar-refractivity contribution in [2.45, 2.75) is 83.2 Å². The predicted octanol–water partition coefficient (Wildman–Crippen LogP) is 5.97. The summed E-state index contributed by atoms with van der Waals surface area (Å²) in [4.78, 5) is 26.6. The summed E-state index contributed by atoms with van der Waals surface area (Å²) in [6.45, 7) is 11.9. The molecule has 0 bridgehead atoms. The molecule has 8 heteroatoms. The standard InChI is InChI=1S/C29H41NO6Si/c1-29(2,3)37(5,6)36-25-18-26(30(19-25)28(32)35-21-22-10-8-7-9-11-22)27(16-17-31)34-20-23-12-14-24(33-4)15-13-23/h7-15,17,25-27H,16,18-21H2,1-6H3/t25-,26+,27-/m1/s1. The number of hydrogen-bond donors (Lipinski definition) is 0. The molecule has 0 N–H and O–H groups in total. The van der Waals surface area contributed by atoms with Crippen molar-refractivity contribution in [2.75, 3.05) is 13.7 Å². The maximum absolute atomic E-state index is 13.3. The Morgan fingerprint density at radius 2 is 1.70 bits per heavy atom. The van der Waals surface area contributed by atoms with Crippen molar-refractivity contribution < 1.29 is 28.2 Å². The Kier molecular flexibility index (Phi) is 9.92. The lowest BCUT2D eigenvalue weighted by Crippen LogP contribution is -2.45. The first-order chi connectivity index (χ1) is 17.5. The number of benzene rings is 2. The van der Waals surface area contributed by atoms with Gasteiger partial charge in [0.15, 0.2) is 8.32 Å². The number of carbonyl (C=O) groups is 2. The molecule has 2 aromatic rings. The summed E-state index contributed by atoms with van der Waals surface area (Å²) in [5, 5.41) is 0.0385. The average Bonchev–Trinajstić information content (AvgIpc) is 3.28. The molecule has 3 atom stereocenters. The Morgan fingerprint density at radius 3 is 2.30 bits per heavy atom. The highest BCUT2D eigenvalue weighted by Gasteiger charge is 2.46. The van der Waals surface area contributed by atoms with E-state index < -0.39 is 20.5 Å². The fourth-order valence-electron chi connectivity index (χ4n) is 4.23. The monoisotopic (exact) mass is 527 g/mol. The number of amides is 1. The van der Waals surface area contributed by atoms with Gasteiger partial charge in [-0.1, -0.05) is 63.2 Å². The van der Waals surface area contributed by atoms with E-state index in [0.29, 0.717) is 19.6 Å². The number of carbonyl (C=O) groups excluding carboxylic acids is 2. The zero-order valence-corrected chi connectivity index (χ0v) is 23.9. The van der Waals surface area contributed by atoms with E-state index in [1.165, 1.54) is 0 Å². The minimum absolute atomic E-state index is 0.0385. The number of hydrogen-bond acceptors (Lipinski definition) is 6. The summed E-state index contributed by atoms with van der Waals surface area (Å²) in [5.74, 6) is 0.766. The Hall–Kier alpha value is -2.68. The molecule has 37 heavy (non-hydrogen) atoms. The molecule has 0 saturated carbocycles. The molecule has 1 heterocycles. The highest BCUT2D eigenvalue weighted by Crippen LogP contribution is 2.39. The van der Waals surface area contributed by atoms with Crippen LogP contribution in [0.25, 0.3) is 0 Å². The molecule has 0 aromatic heterocycles. The molecule has 202 valence electrons. The van der Waals surface area contributed by atoms with Gasteiger partial charge in [-0.2, -0.15) is 0 Å². The van der Waals surface area contributed by atoms with Crippen molar-refractivity contribution >= 4 is 20.7 Å². The van der Waals surface area contributed by atoms with E-state index in [4.69, 9.17) is 18.6 Å². The highest BCUT2D eigenvalue weighted by atomic mass is 28.4. The molecule has 1 fully saturated rings. The second-order valence-corrected chi connectivity index (χ2v) is 15.9. The van der Waals surface area contributed by atoms with Crippen LogP contribution in [0.3, 0.4) is 0 Å². The Balaban J connectivity index is 1.76. The first kappa shape index (κ1) is 28.9. The maximum atomic E-state index is 13.3. The normalized spacial score (nSPS) is 18.9. The van der Waals surface area contributed by atoms with Crippen molar-refractivity contribution in [3.05, 3.63) is 65.7 Å². The van der Waals surface area contributed by atoms with Gasteiger partial charge in [0, 0.05) is 13.0 Å². The van der Waals surface area contributed by atoms with Gasteiger partial charge < -0.3 is 23.4 Å². The van der Waals surface area contributed by atoms with Crippen molar-refractivity contribution in [1.29, 1.82) is 0 Å². The number of likely N-dealkylation sites (tertiary alicyclic amines) is 1. The highest BCUT2D eigenvalue weighted by molar-refractivity contribution is 6.74. The van der Waals surface area contributed by atoms with E-state index in [2.05, 4.69) is 33.9 Å². The lowest BCUT2D eigenvalue weighted by molar-refractivity contribution is -0.112. The van der Waals surface area contributed by atoms with Crippen LogP contribution in [0.5, 0.6) is 5.75 Å². The van der Waals surface area contributed by atoms with Crippen molar-refractivity contribution in [3.63, 3.8) is 0 Å². The average molecular weight is 528 g/mol. The van der Waals surface area contributed by atoms with Gasteiger partial charge in [0.05, 0.1) is 32.0 Å². The molecule has 2 aromatic carbocycles. The zero-order chi connectivity index (χ0) is 27.1. The van der Waals surface area contributed by atoms with Gasteiger partial charge in [0.2, 0.25) is 0 Å². The summed E-state index contributed by atoms with van der Waals surface area (Å²) >= 11 is 0. The van der Waals surface area contributed by atoms with Crippen LogP contribution in [0.15, 0.2) is 54.6 Å². The van der Waals surface area contributed by atoms with Crippen molar-refractivity contribution in [3.8, 4) is 5.75 Å². The third-order valence-corrected chi connectivity index (χ3v) is 11.9. The molecule has 0 unspecified atom stereocenters. The van der Waals surface area contributed by atoms with Gasteiger partial charge in [-0.05, 0) is 47.8 Å². The summed E-state index contributed by atoms with van der Waals surface area (Å²) in [7, 11) is -0.445. The smallest absolute Gasteiger partial charge is 0.410 e. The van der Waals surface area contributed by atoms with Crippen LogP contribution >= 0.6 is 0 Å². The number of ether oxygens (including phenoxy) is 3. The SMILES string of the molecule is COc1ccc(CO[C@H](CC=O)[C@@H]2C[C@@H](O[Si](C)(C)C(C)(C)C)CN2C(=O)OCc2ccccc2)cc1. The molecule has 7 nitrogen and oxygen atoms in total. The summed E-state index contributed by atoms with van der Waals surface area (Å²) < 4.78 is 23.9. The quantitative estimate of drug-likeness (QED) is 0.265. The third kappa shape index (κ3) is 7.90. The molecule has 1 amide bonds. The van der Waals surface area contributed by atoms with Crippen LogP contribution in [-0.2, 0) is 31.9 Å². The van der Waals surface area contributed by atoms with E-state index in [1.807, 2.05) is 54.6 Å². The minimum Gasteiger partial charge on any atom is -0.497 e. The van der Waals surface area contributed by atoms with Crippen LogP contribution in [0.2, 0.25) is 18.1 Å². The number of aldehydes is 1. The Labute approximate surface area is 222 Å². The minimum atomic E-state index is -2.07. The number of methoxy groups -OCH3 is 1. The third-order valence-electron chi connectivity index (χ3n) is 7.39. The van der Waals surface area contributed by atoms with Gasteiger partial charge in [0.25, 0.3) is 0 Å². The molecule has 1 aliphatic rings. The lowest BCUT2D eigenvalue weighted by Gasteiger charge is -2.38.